The molecule has 148 valence electrons. The summed E-state index contributed by atoms with van der Waals surface area (Å²) < 4.78 is 0. The van der Waals surface area contributed by atoms with Gasteiger partial charge in [0.1, 0.15) is 6.04 Å². The van der Waals surface area contributed by atoms with E-state index in [1.54, 1.807) is 4.90 Å². The summed E-state index contributed by atoms with van der Waals surface area (Å²) in [6, 6.07) is 5.47. The van der Waals surface area contributed by atoms with E-state index in [1.165, 1.54) is 12.8 Å². The maximum Gasteiger partial charge on any atom is 0.255 e. The van der Waals surface area contributed by atoms with Crippen molar-refractivity contribution in [3.8, 4) is 0 Å². The maximum atomic E-state index is 12.9. The molecular weight excluding hydrogens is 356 g/mol. The molecule has 3 N–H and O–H groups in total. The van der Waals surface area contributed by atoms with Crippen molar-refractivity contribution in [1.29, 1.82) is 0 Å². The molecule has 2 saturated heterocycles. The van der Waals surface area contributed by atoms with Gasteiger partial charge in [0.05, 0.1) is 0 Å². The van der Waals surface area contributed by atoms with Gasteiger partial charge in [0.15, 0.2) is 0 Å². The Balaban J connectivity index is 1.21. The van der Waals surface area contributed by atoms with Crippen LogP contribution in [0.3, 0.4) is 0 Å². The Labute approximate surface area is 164 Å². The normalized spacial score (nSPS) is 28.0. The van der Waals surface area contributed by atoms with Crippen LogP contribution in [-0.4, -0.2) is 48.3 Å². The van der Waals surface area contributed by atoms with Crippen LogP contribution in [0.15, 0.2) is 18.2 Å². The molecule has 2 unspecified atom stereocenters. The molecule has 7 nitrogen and oxygen atoms in total. The van der Waals surface area contributed by atoms with E-state index < -0.39 is 6.04 Å². The molecule has 5 rings (SSSR count). The summed E-state index contributed by atoms with van der Waals surface area (Å²) in [7, 11) is 0. The highest BCUT2D eigenvalue weighted by atomic mass is 16.2. The third-order valence-corrected chi connectivity index (χ3v) is 7.12. The van der Waals surface area contributed by atoms with Crippen LogP contribution in [0.1, 0.15) is 47.2 Å². The van der Waals surface area contributed by atoms with Gasteiger partial charge in [0.25, 0.3) is 5.91 Å². The van der Waals surface area contributed by atoms with Crippen LogP contribution in [0.4, 0.5) is 0 Å². The first-order valence-corrected chi connectivity index (χ1v) is 10.2. The summed E-state index contributed by atoms with van der Waals surface area (Å²) in [6.45, 7) is 4.52. The second kappa shape index (κ2) is 6.67. The number of nitrogens with zero attached hydrogens (tertiary/aromatic N) is 1. The number of hydrogen-bond acceptors (Lipinski definition) is 5. The predicted octanol–water partition coefficient (Wildman–Crippen LogP) is 0.537. The molecule has 3 amide bonds. The molecular formula is C21H26N4O3. The second-order valence-corrected chi connectivity index (χ2v) is 8.72. The molecule has 4 aliphatic rings. The second-order valence-electron chi connectivity index (χ2n) is 8.72. The summed E-state index contributed by atoms with van der Waals surface area (Å²) in [4.78, 5) is 38.0. The molecule has 3 fully saturated rings. The number of hydrogen-bond donors (Lipinski definition) is 3. The molecule has 1 aromatic carbocycles. The fourth-order valence-corrected chi connectivity index (χ4v) is 5.09. The highest BCUT2D eigenvalue weighted by Crippen LogP contribution is 2.49. The van der Waals surface area contributed by atoms with E-state index in [2.05, 4.69) is 22.0 Å². The topological polar surface area (TPSA) is 90.5 Å². The number of amides is 3. The van der Waals surface area contributed by atoms with E-state index in [0.29, 0.717) is 23.9 Å². The van der Waals surface area contributed by atoms with Gasteiger partial charge < -0.3 is 15.5 Å². The average molecular weight is 382 g/mol. The van der Waals surface area contributed by atoms with Gasteiger partial charge in [-0.05, 0) is 54.3 Å². The Morgan fingerprint density at radius 3 is 2.71 bits per heavy atom. The lowest BCUT2D eigenvalue weighted by Gasteiger charge is -2.56. The van der Waals surface area contributed by atoms with Crippen LogP contribution in [0, 0.1) is 11.3 Å². The third-order valence-electron chi connectivity index (χ3n) is 7.12. The lowest BCUT2D eigenvalue weighted by molar-refractivity contribution is -0.136. The van der Waals surface area contributed by atoms with Crippen LogP contribution in [0.25, 0.3) is 0 Å². The standard InChI is InChI=1S/C21H26N4O3/c26-18-4-3-17(19(27)24-18)25-10-14-2-1-13(7-16(14)20(25)28)8-22-9-15-5-6-21(15)11-23-12-21/h1-2,7,15,17,22-23H,3-6,8-12H2,(H,24,26,27). The first-order chi connectivity index (χ1) is 13.6. The van der Waals surface area contributed by atoms with E-state index in [0.717, 1.165) is 43.2 Å². The van der Waals surface area contributed by atoms with Crippen molar-refractivity contribution in [1.82, 2.24) is 20.9 Å². The van der Waals surface area contributed by atoms with Gasteiger partial charge in [-0.3, -0.25) is 19.7 Å². The number of benzene rings is 1. The molecule has 1 saturated carbocycles. The molecule has 1 spiro atoms. The van der Waals surface area contributed by atoms with Crippen LogP contribution in [-0.2, 0) is 22.7 Å². The first-order valence-electron chi connectivity index (χ1n) is 10.2. The Bertz CT molecular complexity index is 843. The van der Waals surface area contributed by atoms with Crippen LogP contribution >= 0.6 is 0 Å². The molecule has 0 aromatic heterocycles. The smallest absolute Gasteiger partial charge is 0.255 e. The van der Waals surface area contributed by atoms with Crippen molar-refractivity contribution < 1.29 is 14.4 Å². The minimum absolute atomic E-state index is 0.107. The summed E-state index contributed by atoms with van der Waals surface area (Å²) in [5.41, 5.74) is 3.28. The minimum Gasteiger partial charge on any atom is -0.322 e. The molecule has 0 radical (unpaired) electrons. The Morgan fingerprint density at radius 1 is 1.18 bits per heavy atom. The van der Waals surface area contributed by atoms with Gasteiger partial charge in [-0.25, -0.2) is 0 Å². The molecule has 1 aromatic rings. The number of rotatable bonds is 5. The van der Waals surface area contributed by atoms with Gasteiger partial charge in [-0.1, -0.05) is 12.1 Å². The number of carbonyl (C=O) groups excluding carboxylic acids is 3. The summed E-state index contributed by atoms with van der Waals surface area (Å²) >= 11 is 0. The zero-order valence-electron chi connectivity index (χ0n) is 15.9. The fourth-order valence-electron chi connectivity index (χ4n) is 5.09. The van der Waals surface area contributed by atoms with Gasteiger partial charge in [0, 0.05) is 38.2 Å². The van der Waals surface area contributed by atoms with Gasteiger partial charge in [-0.15, -0.1) is 0 Å². The van der Waals surface area contributed by atoms with Crippen molar-refractivity contribution in [2.24, 2.45) is 11.3 Å². The lowest BCUT2D eigenvalue weighted by Crippen LogP contribution is -2.64. The summed E-state index contributed by atoms with van der Waals surface area (Å²) in [5.74, 6) is 0.0292. The molecule has 1 aliphatic carbocycles. The van der Waals surface area contributed by atoms with E-state index in [4.69, 9.17) is 0 Å². The zero-order valence-corrected chi connectivity index (χ0v) is 15.9. The Morgan fingerprint density at radius 2 is 2.04 bits per heavy atom. The molecule has 3 heterocycles. The van der Waals surface area contributed by atoms with Gasteiger partial charge in [-0.2, -0.15) is 0 Å². The number of imide groups is 1. The number of fused-ring (bicyclic) bond motifs is 1. The molecule has 3 aliphatic heterocycles. The highest BCUT2D eigenvalue weighted by Gasteiger charge is 2.50. The molecule has 0 bridgehead atoms. The Hall–Kier alpha value is -2.25. The number of carbonyl (C=O) groups is 3. The van der Waals surface area contributed by atoms with Crippen molar-refractivity contribution in [2.45, 2.75) is 44.8 Å². The fraction of sp³-hybridized carbons (Fsp3) is 0.571. The first kappa shape index (κ1) is 17.8. The van der Waals surface area contributed by atoms with Crippen molar-refractivity contribution in [2.75, 3.05) is 19.6 Å². The Kier molecular flexibility index (Phi) is 4.25. The quantitative estimate of drug-likeness (QED) is 0.647. The average Bonchev–Trinajstić information content (AvgIpc) is 2.93. The maximum absolute atomic E-state index is 12.9. The van der Waals surface area contributed by atoms with Crippen molar-refractivity contribution in [3.63, 3.8) is 0 Å². The van der Waals surface area contributed by atoms with Crippen molar-refractivity contribution >= 4 is 17.7 Å². The van der Waals surface area contributed by atoms with E-state index in [-0.39, 0.29) is 24.1 Å². The molecule has 7 heteroatoms. The highest BCUT2D eigenvalue weighted by molar-refractivity contribution is 6.05. The van der Waals surface area contributed by atoms with Crippen molar-refractivity contribution in [3.05, 3.63) is 34.9 Å². The van der Waals surface area contributed by atoms with E-state index in [9.17, 15) is 14.4 Å². The van der Waals surface area contributed by atoms with Gasteiger partial charge >= 0.3 is 0 Å². The van der Waals surface area contributed by atoms with E-state index in [1.807, 2.05) is 12.1 Å². The van der Waals surface area contributed by atoms with E-state index >= 15 is 0 Å². The lowest BCUT2D eigenvalue weighted by atomic mass is 9.56. The van der Waals surface area contributed by atoms with Crippen LogP contribution in [0.2, 0.25) is 0 Å². The monoisotopic (exact) mass is 382 g/mol. The minimum atomic E-state index is -0.551. The largest absolute Gasteiger partial charge is 0.322 e. The number of piperidine rings is 1. The predicted molar refractivity (Wildman–Crippen MR) is 102 cm³/mol. The number of nitrogens with one attached hydrogen (secondary N) is 3. The zero-order chi connectivity index (χ0) is 19.3. The molecule has 28 heavy (non-hydrogen) atoms. The van der Waals surface area contributed by atoms with Gasteiger partial charge in [0.2, 0.25) is 11.8 Å². The van der Waals surface area contributed by atoms with Crippen LogP contribution < -0.4 is 16.0 Å². The molecule has 2 atom stereocenters. The third kappa shape index (κ3) is 2.84. The summed E-state index contributed by atoms with van der Waals surface area (Å²) in [5, 5.41) is 9.30. The van der Waals surface area contributed by atoms with Crippen LogP contribution in [0.5, 0.6) is 0 Å². The SMILES string of the molecule is O=C1CCC(N2Cc3ccc(CNCC4CCC45CNC5)cc3C2=O)C(=O)N1. The summed E-state index contributed by atoms with van der Waals surface area (Å²) in [6.07, 6.45) is 3.33.